The summed E-state index contributed by atoms with van der Waals surface area (Å²) in [6.07, 6.45) is 3.63. The first-order valence-electron chi connectivity index (χ1n) is 11.9. The molecule has 32 heavy (non-hydrogen) atoms. The van der Waals surface area contributed by atoms with Crippen LogP contribution in [0, 0.1) is 10.8 Å². The van der Waals surface area contributed by atoms with Crippen LogP contribution in [0.5, 0.6) is 0 Å². The van der Waals surface area contributed by atoms with Crippen LogP contribution < -0.4 is 0 Å². The molecule has 0 aromatic heterocycles. The van der Waals surface area contributed by atoms with Gasteiger partial charge in [-0.25, -0.2) is 0 Å². The monoisotopic (exact) mass is 418 g/mol. The molecule has 3 aromatic carbocycles. The van der Waals surface area contributed by atoms with Crippen LogP contribution in [0.25, 0.3) is 22.3 Å². The highest BCUT2D eigenvalue weighted by atomic mass is 14.5. The van der Waals surface area contributed by atoms with E-state index in [1.54, 1.807) is 5.57 Å². The number of allylic oxidation sites excluding steroid dienone is 4. The maximum Gasteiger partial charge on any atom is 0.0193 e. The standard InChI is InChI=1S/C32H34/c1-21-19-23(31(2,3)4)20-28(21)32(5,6)30-26-16-11-10-15-25(26)29-24(17-12-18-27(29)30)22-13-8-7-9-14-22/h7-18,20,30H,19H2,1-6H3. The van der Waals surface area contributed by atoms with Gasteiger partial charge in [0.15, 0.2) is 0 Å². The van der Waals surface area contributed by atoms with Crippen molar-refractivity contribution in [3.63, 3.8) is 0 Å². The van der Waals surface area contributed by atoms with Gasteiger partial charge in [0.2, 0.25) is 0 Å². The fourth-order valence-corrected chi connectivity index (χ4v) is 5.99. The predicted octanol–water partition coefficient (Wildman–Crippen LogP) is 9.18. The van der Waals surface area contributed by atoms with Crippen molar-refractivity contribution in [1.82, 2.24) is 0 Å². The lowest BCUT2D eigenvalue weighted by atomic mass is 9.68. The minimum atomic E-state index is 0.00769. The second-order valence-electron chi connectivity index (χ2n) is 11.2. The highest BCUT2D eigenvalue weighted by Crippen LogP contribution is 2.59. The van der Waals surface area contributed by atoms with Crippen LogP contribution in [0.2, 0.25) is 0 Å². The summed E-state index contributed by atoms with van der Waals surface area (Å²) in [7, 11) is 0. The van der Waals surface area contributed by atoms with Gasteiger partial charge in [-0.3, -0.25) is 0 Å². The minimum Gasteiger partial charge on any atom is -0.0655 e. The van der Waals surface area contributed by atoms with Gasteiger partial charge in [0.05, 0.1) is 0 Å². The highest BCUT2D eigenvalue weighted by molar-refractivity contribution is 5.91. The molecule has 0 saturated heterocycles. The lowest BCUT2D eigenvalue weighted by Crippen LogP contribution is -2.24. The zero-order valence-electron chi connectivity index (χ0n) is 20.3. The summed E-state index contributed by atoms with van der Waals surface area (Å²) in [4.78, 5) is 0. The molecule has 5 rings (SSSR count). The third kappa shape index (κ3) is 3.20. The molecule has 3 aromatic rings. The van der Waals surface area contributed by atoms with E-state index in [4.69, 9.17) is 0 Å². The van der Waals surface area contributed by atoms with E-state index in [-0.39, 0.29) is 10.8 Å². The maximum atomic E-state index is 2.52. The molecule has 0 amide bonds. The van der Waals surface area contributed by atoms with Crippen molar-refractivity contribution in [2.45, 2.75) is 53.9 Å². The largest absolute Gasteiger partial charge is 0.0655 e. The van der Waals surface area contributed by atoms with Crippen molar-refractivity contribution < 1.29 is 0 Å². The van der Waals surface area contributed by atoms with E-state index >= 15 is 0 Å². The Balaban J connectivity index is 1.71. The van der Waals surface area contributed by atoms with Gasteiger partial charge in [0, 0.05) is 11.3 Å². The molecular weight excluding hydrogens is 384 g/mol. The number of fused-ring (bicyclic) bond motifs is 3. The molecule has 0 heterocycles. The Bertz CT molecular complexity index is 1240. The third-order valence-corrected chi connectivity index (χ3v) is 7.65. The van der Waals surface area contributed by atoms with Crippen molar-refractivity contribution in [2.24, 2.45) is 10.8 Å². The molecule has 0 spiro atoms. The fourth-order valence-electron chi connectivity index (χ4n) is 5.99. The fraction of sp³-hybridized carbons (Fsp3) is 0.312. The van der Waals surface area contributed by atoms with Gasteiger partial charge in [0.25, 0.3) is 0 Å². The Morgan fingerprint density at radius 3 is 2.00 bits per heavy atom. The van der Waals surface area contributed by atoms with E-state index in [0.29, 0.717) is 5.92 Å². The zero-order valence-corrected chi connectivity index (χ0v) is 20.3. The van der Waals surface area contributed by atoms with Gasteiger partial charge >= 0.3 is 0 Å². The first kappa shape index (κ1) is 21.0. The van der Waals surface area contributed by atoms with Crippen LogP contribution in [0.3, 0.4) is 0 Å². The predicted molar refractivity (Wildman–Crippen MR) is 138 cm³/mol. The number of hydrogen-bond donors (Lipinski definition) is 0. The maximum absolute atomic E-state index is 2.52. The van der Waals surface area contributed by atoms with Crippen LogP contribution in [0.1, 0.15) is 65.0 Å². The van der Waals surface area contributed by atoms with Crippen molar-refractivity contribution in [1.29, 1.82) is 0 Å². The van der Waals surface area contributed by atoms with Crippen LogP contribution in [0.15, 0.2) is 95.6 Å². The summed E-state index contributed by atoms with van der Waals surface area (Å²) in [5.74, 6) is 0.345. The van der Waals surface area contributed by atoms with Gasteiger partial charge in [0.1, 0.15) is 0 Å². The average molecular weight is 419 g/mol. The third-order valence-electron chi connectivity index (χ3n) is 7.65. The molecule has 1 atom stereocenters. The van der Waals surface area contributed by atoms with Crippen molar-refractivity contribution in [2.75, 3.05) is 0 Å². The number of rotatable bonds is 3. The van der Waals surface area contributed by atoms with E-state index in [1.807, 2.05) is 0 Å². The van der Waals surface area contributed by atoms with Gasteiger partial charge in [-0.1, -0.05) is 125 Å². The summed E-state index contributed by atoms with van der Waals surface area (Å²) >= 11 is 0. The van der Waals surface area contributed by atoms with E-state index in [9.17, 15) is 0 Å². The molecular formula is C32H34. The molecule has 0 N–H and O–H groups in total. The Hall–Kier alpha value is -2.86. The lowest BCUT2D eigenvalue weighted by molar-refractivity contribution is 0.400. The van der Waals surface area contributed by atoms with Gasteiger partial charge in [-0.05, 0) is 57.7 Å². The molecule has 2 aliphatic rings. The molecule has 0 saturated carbocycles. The van der Waals surface area contributed by atoms with Gasteiger partial charge in [-0.15, -0.1) is 0 Å². The summed E-state index contributed by atoms with van der Waals surface area (Å²) in [6, 6.07) is 26.8. The van der Waals surface area contributed by atoms with Crippen LogP contribution in [-0.2, 0) is 0 Å². The molecule has 0 radical (unpaired) electrons. The Morgan fingerprint density at radius 1 is 0.688 bits per heavy atom. The van der Waals surface area contributed by atoms with E-state index < -0.39 is 0 Å². The first-order valence-corrected chi connectivity index (χ1v) is 11.9. The molecule has 0 nitrogen and oxygen atoms in total. The smallest absolute Gasteiger partial charge is 0.0193 e. The highest BCUT2D eigenvalue weighted by Gasteiger charge is 2.43. The number of hydrogen-bond acceptors (Lipinski definition) is 0. The van der Waals surface area contributed by atoms with Crippen molar-refractivity contribution in [3.05, 3.63) is 107 Å². The summed E-state index contributed by atoms with van der Waals surface area (Å²) < 4.78 is 0. The van der Waals surface area contributed by atoms with Crippen LogP contribution >= 0.6 is 0 Å². The van der Waals surface area contributed by atoms with Crippen LogP contribution in [-0.4, -0.2) is 0 Å². The number of benzene rings is 3. The SMILES string of the molecule is CC1=C(C(C)(C)C2c3ccccc3-c3c(-c4ccccc4)cccc32)C=C(C(C)(C)C)C1. The average Bonchev–Trinajstić information content (AvgIpc) is 3.33. The molecule has 0 bridgehead atoms. The Morgan fingerprint density at radius 2 is 1.31 bits per heavy atom. The van der Waals surface area contributed by atoms with Crippen molar-refractivity contribution >= 4 is 0 Å². The quantitative estimate of drug-likeness (QED) is 0.397. The van der Waals surface area contributed by atoms with Crippen molar-refractivity contribution in [3.8, 4) is 22.3 Å². The lowest BCUT2D eigenvalue weighted by Gasteiger charge is -2.35. The second kappa shape index (κ2) is 7.34. The van der Waals surface area contributed by atoms with Crippen LogP contribution in [0.4, 0.5) is 0 Å². The van der Waals surface area contributed by atoms with E-state index in [1.165, 1.54) is 44.5 Å². The van der Waals surface area contributed by atoms with E-state index in [0.717, 1.165) is 6.42 Å². The first-order chi connectivity index (χ1) is 15.2. The second-order valence-corrected chi connectivity index (χ2v) is 11.2. The molecule has 162 valence electrons. The summed E-state index contributed by atoms with van der Waals surface area (Å²) in [5.41, 5.74) is 13.2. The summed E-state index contributed by atoms with van der Waals surface area (Å²) in [6.45, 7) is 14.3. The molecule has 2 aliphatic carbocycles. The summed E-state index contributed by atoms with van der Waals surface area (Å²) in [5, 5.41) is 0. The molecule has 0 heteroatoms. The molecule has 0 aliphatic heterocycles. The zero-order chi connectivity index (χ0) is 22.7. The molecule has 1 unspecified atom stereocenters. The Labute approximate surface area is 193 Å². The molecule has 0 fully saturated rings. The van der Waals surface area contributed by atoms with Gasteiger partial charge in [-0.2, -0.15) is 0 Å². The topological polar surface area (TPSA) is 0 Å². The van der Waals surface area contributed by atoms with Gasteiger partial charge < -0.3 is 0 Å². The Kier molecular flexibility index (Phi) is 4.82. The van der Waals surface area contributed by atoms with E-state index in [2.05, 4.69) is 120 Å². The normalized spacial score (nSPS) is 17.9. The minimum absolute atomic E-state index is 0.00769.